The summed E-state index contributed by atoms with van der Waals surface area (Å²) >= 11 is 18.2. The third-order valence-corrected chi connectivity index (χ3v) is 6.54. The predicted molar refractivity (Wildman–Crippen MR) is 117 cm³/mol. The van der Waals surface area contributed by atoms with Gasteiger partial charge in [-0.15, -0.1) is 0 Å². The Hall–Kier alpha value is -1.69. The molecular weight excluding hydrogens is 592 g/mol. The van der Waals surface area contributed by atoms with E-state index in [0.29, 0.717) is 21.1 Å². The van der Waals surface area contributed by atoms with Gasteiger partial charge in [0.15, 0.2) is 16.4 Å². The Labute approximate surface area is 200 Å². The van der Waals surface area contributed by atoms with Gasteiger partial charge in [-0.25, -0.2) is 4.68 Å². The molecule has 1 amide bonds. The maximum Gasteiger partial charge on any atom is 0.410 e. The van der Waals surface area contributed by atoms with Gasteiger partial charge in [0, 0.05) is 12.1 Å². The largest absolute Gasteiger partial charge is 0.452 e. The van der Waals surface area contributed by atoms with Crippen LogP contribution in [0.3, 0.4) is 0 Å². The van der Waals surface area contributed by atoms with Crippen molar-refractivity contribution in [3.8, 4) is 0 Å². The Kier molecular flexibility index (Phi) is 6.06. The maximum absolute atomic E-state index is 13.8. The van der Waals surface area contributed by atoms with Crippen LogP contribution >= 0.6 is 55.1 Å². The molecule has 164 valence electrons. The second-order valence-electron chi connectivity index (χ2n) is 6.67. The number of anilines is 2. The topological polar surface area (TPSA) is 72.1 Å². The number of hydrogen-bond acceptors (Lipinski definition) is 4. The number of benzene rings is 1. The average molecular weight is 603 g/mol. The van der Waals surface area contributed by atoms with E-state index < -0.39 is 24.2 Å². The van der Waals surface area contributed by atoms with E-state index >= 15 is 0 Å². The fourth-order valence-corrected chi connectivity index (χ4v) is 4.37. The van der Waals surface area contributed by atoms with Crippen molar-refractivity contribution in [3.63, 3.8) is 0 Å². The molecule has 2 N–H and O–H groups in total. The summed E-state index contributed by atoms with van der Waals surface area (Å²) in [5.41, 5.74) is 0.0972. The number of fused-ring (bicyclic) bond motifs is 1. The third kappa shape index (κ3) is 4.46. The maximum atomic E-state index is 13.8. The van der Waals surface area contributed by atoms with E-state index in [9.17, 15) is 18.0 Å². The van der Waals surface area contributed by atoms with Gasteiger partial charge in [-0.05, 0) is 62.2 Å². The monoisotopic (exact) mass is 600 g/mol. The molecule has 2 aromatic heterocycles. The minimum atomic E-state index is -4.60. The quantitative estimate of drug-likeness (QED) is 0.332. The summed E-state index contributed by atoms with van der Waals surface area (Å²) in [5.74, 6) is -0.375. The SMILES string of the molecule is O=C(Nc1ccc(Cl)c(Cl)c1)c1nn2c(c1Br)NC(c1ccc(Br)o1)CC2C(F)(F)F. The van der Waals surface area contributed by atoms with Crippen molar-refractivity contribution in [1.82, 2.24) is 9.78 Å². The van der Waals surface area contributed by atoms with E-state index in [0.717, 1.165) is 4.68 Å². The molecule has 4 rings (SSSR count). The van der Waals surface area contributed by atoms with E-state index in [1.165, 1.54) is 18.2 Å². The molecule has 3 aromatic rings. The molecule has 3 heterocycles. The number of amides is 1. The van der Waals surface area contributed by atoms with Gasteiger partial charge in [0.1, 0.15) is 11.6 Å². The summed E-state index contributed by atoms with van der Waals surface area (Å²) in [7, 11) is 0. The first-order valence-corrected chi connectivity index (χ1v) is 11.0. The molecule has 2 atom stereocenters. The van der Waals surface area contributed by atoms with Gasteiger partial charge < -0.3 is 15.1 Å². The van der Waals surface area contributed by atoms with E-state index in [-0.39, 0.29) is 27.4 Å². The van der Waals surface area contributed by atoms with Gasteiger partial charge in [0.25, 0.3) is 5.91 Å². The number of nitrogens with zero attached hydrogens (tertiary/aromatic N) is 2. The molecule has 1 aliphatic heterocycles. The van der Waals surface area contributed by atoms with Crippen LogP contribution in [0.25, 0.3) is 0 Å². The minimum Gasteiger partial charge on any atom is -0.452 e. The van der Waals surface area contributed by atoms with Crippen LogP contribution in [0.4, 0.5) is 24.7 Å². The first kappa shape index (κ1) is 22.5. The lowest BCUT2D eigenvalue weighted by Crippen LogP contribution is -2.35. The first-order valence-electron chi connectivity index (χ1n) is 8.67. The molecule has 1 aliphatic rings. The summed E-state index contributed by atoms with van der Waals surface area (Å²) in [6, 6.07) is 4.86. The molecular formula is C18H11Br2Cl2F3N4O2. The normalized spacial score (nSPS) is 18.4. The number of hydrogen-bond donors (Lipinski definition) is 2. The van der Waals surface area contributed by atoms with E-state index in [2.05, 4.69) is 47.6 Å². The molecule has 1 aromatic carbocycles. The van der Waals surface area contributed by atoms with Crippen molar-refractivity contribution in [2.75, 3.05) is 10.6 Å². The van der Waals surface area contributed by atoms with Crippen molar-refractivity contribution in [2.24, 2.45) is 0 Å². The number of furan rings is 1. The lowest BCUT2D eigenvalue weighted by Gasteiger charge is -2.32. The molecule has 13 heteroatoms. The molecule has 0 radical (unpaired) electrons. The van der Waals surface area contributed by atoms with E-state index in [4.69, 9.17) is 27.6 Å². The van der Waals surface area contributed by atoms with Crippen molar-refractivity contribution in [3.05, 3.63) is 61.0 Å². The molecule has 0 fully saturated rings. The van der Waals surface area contributed by atoms with E-state index in [1.807, 2.05) is 0 Å². The third-order valence-electron chi connectivity index (χ3n) is 4.63. The van der Waals surface area contributed by atoms with Crippen LogP contribution in [0.2, 0.25) is 10.0 Å². The van der Waals surface area contributed by atoms with Crippen molar-refractivity contribution >= 4 is 72.5 Å². The van der Waals surface area contributed by atoms with Gasteiger partial charge in [0.2, 0.25) is 0 Å². The van der Waals surface area contributed by atoms with Crippen molar-refractivity contribution in [2.45, 2.75) is 24.7 Å². The van der Waals surface area contributed by atoms with E-state index in [1.54, 1.807) is 12.1 Å². The van der Waals surface area contributed by atoms with Gasteiger partial charge in [0.05, 0.1) is 20.6 Å². The Balaban J connectivity index is 1.69. The zero-order valence-electron chi connectivity index (χ0n) is 15.1. The molecule has 0 bridgehead atoms. The number of alkyl halides is 3. The Bertz CT molecular complexity index is 1170. The van der Waals surface area contributed by atoms with Gasteiger partial charge in [-0.3, -0.25) is 4.79 Å². The lowest BCUT2D eigenvalue weighted by molar-refractivity contribution is -0.174. The summed E-state index contributed by atoms with van der Waals surface area (Å²) in [6.07, 6.45) is -4.96. The van der Waals surface area contributed by atoms with Crippen molar-refractivity contribution in [1.29, 1.82) is 0 Å². The second-order valence-corrected chi connectivity index (χ2v) is 9.06. The van der Waals surface area contributed by atoms with Crippen molar-refractivity contribution < 1.29 is 22.4 Å². The number of rotatable bonds is 3. The molecule has 2 unspecified atom stereocenters. The standard InChI is InChI=1S/C18H11Br2Cl2F3N4O2/c19-13-4-3-11(31-13)10-6-12(18(23,24)25)29-16(27-10)14(20)15(28-29)17(30)26-7-1-2-8(21)9(22)5-7/h1-5,10,12,27H,6H2,(H,26,30). The lowest BCUT2D eigenvalue weighted by atomic mass is 10.0. The minimum absolute atomic E-state index is 0.0189. The van der Waals surface area contributed by atoms with Gasteiger partial charge in [-0.2, -0.15) is 18.3 Å². The van der Waals surface area contributed by atoms with Crippen LogP contribution in [0.5, 0.6) is 0 Å². The highest BCUT2D eigenvalue weighted by Crippen LogP contribution is 2.46. The zero-order chi connectivity index (χ0) is 22.5. The Morgan fingerprint density at radius 2 is 1.97 bits per heavy atom. The number of carbonyl (C=O) groups excluding carboxylic acids is 1. The van der Waals surface area contributed by atoms with Crippen LogP contribution < -0.4 is 10.6 Å². The summed E-state index contributed by atoms with van der Waals surface area (Å²) in [5, 5.41) is 9.99. The van der Waals surface area contributed by atoms with Gasteiger partial charge in [-0.1, -0.05) is 23.2 Å². The molecule has 0 spiro atoms. The fraction of sp³-hybridized carbons (Fsp3) is 0.222. The molecule has 0 saturated carbocycles. The molecule has 31 heavy (non-hydrogen) atoms. The molecule has 6 nitrogen and oxygen atoms in total. The average Bonchev–Trinajstić information content (AvgIpc) is 3.27. The fourth-order valence-electron chi connectivity index (χ4n) is 3.20. The van der Waals surface area contributed by atoms with Crippen LogP contribution in [0, 0.1) is 0 Å². The second kappa shape index (κ2) is 8.34. The molecule has 0 saturated heterocycles. The van der Waals surface area contributed by atoms with Gasteiger partial charge >= 0.3 is 6.18 Å². The molecule has 0 aliphatic carbocycles. The number of halogens is 7. The number of aromatic nitrogens is 2. The van der Waals surface area contributed by atoms with Crippen LogP contribution in [0.15, 0.2) is 43.9 Å². The van der Waals surface area contributed by atoms with Crippen LogP contribution in [0.1, 0.15) is 34.8 Å². The highest BCUT2D eigenvalue weighted by Gasteiger charge is 2.48. The number of carbonyl (C=O) groups is 1. The number of nitrogens with one attached hydrogen (secondary N) is 2. The smallest absolute Gasteiger partial charge is 0.410 e. The van der Waals surface area contributed by atoms with Crippen LogP contribution in [-0.4, -0.2) is 21.9 Å². The predicted octanol–water partition coefficient (Wildman–Crippen LogP) is 7.22. The summed E-state index contributed by atoms with van der Waals surface area (Å²) in [6.45, 7) is 0. The highest BCUT2D eigenvalue weighted by molar-refractivity contribution is 9.10. The highest BCUT2D eigenvalue weighted by atomic mass is 79.9. The van der Waals surface area contributed by atoms with Crippen LogP contribution in [-0.2, 0) is 0 Å². The zero-order valence-corrected chi connectivity index (χ0v) is 19.8. The first-order chi connectivity index (χ1) is 14.5. The summed E-state index contributed by atoms with van der Waals surface area (Å²) < 4.78 is 48.1. The Morgan fingerprint density at radius 1 is 1.23 bits per heavy atom. The summed E-state index contributed by atoms with van der Waals surface area (Å²) in [4.78, 5) is 12.7. The Morgan fingerprint density at radius 3 is 2.58 bits per heavy atom.